The average molecular weight is 445 g/mol. The topological polar surface area (TPSA) is 94.7 Å². The van der Waals surface area contributed by atoms with Crippen LogP contribution in [0.3, 0.4) is 0 Å². The van der Waals surface area contributed by atoms with Crippen molar-refractivity contribution in [3.05, 3.63) is 52.8 Å². The molecule has 5 aromatic rings. The van der Waals surface area contributed by atoms with Crippen LogP contribution in [0.25, 0.3) is 33.1 Å². The lowest BCUT2D eigenvalue weighted by atomic mass is 10.0. The second-order valence-electron chi connectivity index (χ2n) is 8.82. The van der Waals surface area contributed by atoms with Gasteiger partial charge in [0.15, 0.2) is 0 Å². The Hall–Kier alpha value is -3.68. The summed E-state index contributed by atoms with van der Waals surface area (Å²) in [6.45, 7) is 12.2. The van der Waals surface area contributed by atoms with E-state index >= 15 is 0 Å². The number of rotatable bonds is 5. The van der Waals surface area contributed by atoms with Gasteiger partial charge in [0.2, 0.25) is 0 Å². The molecule has 4 aromatic heterocycles. The normalized spacial score (nSPS) is 11.9. The molecule has 0 bridgehead atoms. The van der Waals surface area contributed by atoms with E-state index in [-0.39, 0.29) is 0 Å². The van der Waals surface area contributed by atoms with Gasteiger partial charge in [-0.15, -0.1) is 0 Å². The number of benzene rings is 1. The highest BCUT2D eigenvalue weighted by Crippen LogP contribution is 2.40. The van der Waals surface area contributed by atoms with Crippen LogP contribution in [0.5, 0.6) is 5.75 Å². The predicted molar refractivity (Wildman–Crippen MR) is 128 cm³/mol. The summed E-state index contributed by atoms with van der Waals surface area (Å²) in [5.74, 6) is 3.23. The Kier molecular flexibility index (Phi) is 4.96. The van der Waals surface area contributed by atoms with Crippen molar-refractivity contribution in [2.45, 2.75) is 54.0 Å². The summed E-state index contributed by atoms with van der Waals surface area (Å²) in [6.07, 6.45) is 2.54. The van der Waals surface area contributed by atoms with Crippen molar-refractivity contribution in [3.8, 4) is 16.9 Å². The van der Waals surface area contributed by atoms with E-state index in [4.69, 9.17) is 19.2 Å². The van der Waals surface area contributed by atoms with Crippen molar-refractivity contribution in [1.29, 1.82) is 0 Å². The molecule has 1 N–H and O–H groups in total. The quantitative estimate of drug-likeness (QED) is 0.391. The fourth-order valence-electron chi connectivity index (χ4n) is 4.86. The Morgan fingerprint density at radius 1 is 1.12 bits per heavy atom. The third-order valence-electron chi connectivity index (χ3n) is 6.16. The van der Waals surface area contributed by atoms with Gasteiger partial charge in [0.05, 0.1) is 24.1 Å². The fraction of sp³-hybridized carbons (Fsp3) is 0.360. The second kappa shape index (κ2) is 7.72. The van der Waals surface area contributed by atoms with E-state index in [1.54, 1.807) is 7.11 Å². The highest BCUT2D eigenvalue weighted by Gasteiger charge is 2.21. The van der Waals surface area contributed by atoms with Crippen LogP contribution >= 0.6 is 0 Å². The number of hydrogen-bond donors (Lipinski definition) is 1. The molecule has 0 unspecified atom stereocenters. The van der Waals surface area contributed by atoms with E-state index < -0.39 is 0 Å². The molecular formula is C25H28N6O2. The van der Waals surface area contributed by atoms with Gasteiger partial charge in [-0.1, -0.05) is 5.16 Å². The van der Waals surface area contributed by atoms with Gasteiger partial charge in [-0.3, -0.25) is 0 Å². The maximum Gasteiger partial charge on any atom is 0.142 e. The van der Waals surface area contributed by atoms with Crippen molar-refractivity contribution in [2.75, 3.05) is 7.11 Å². The number of nitrogens with one attached hydrogen (secondary N) is 1. The van der Waals surface area contributed by atoms with Gasteiger partial charge in [-0.2, -0.15) is 0 Å². The highest BCUT2D eigenvalue weighted by atomic mass is 16.5. The van der Waals surface area contributed by atoms with Gasteiger partial charge in [0.1, 0.15) is 28.8 Å². The van der Waals surface area contributed by atoms with Gasteiger partial charge in [-0.05, 0) is 53.7 Å². The molecule has 8 heteroatoms. The minimum absolute atomic E-state index is 0.321. The number of methoxy groups -OCH3 is 1. The number of nitrogens with zero attached hydrogens (tertiary/aromatic N) is 5. The van der Waals surface area contributed by atoms with Crippen LogP contribution in [0.2, 0.25) is 0 Å². The van der Waals surface area contributed by atoms with Crippen molar-refractivity contribution in [2.24, 2.45) is 0 Å². The lowest BCUT2D eigenvalue weighted by Crippen LogP contribution is -2.10. The highest BCUT2D eigenvalue weighted by molar-refractivity contribution is 6.09. The Morgan fingerprint density at radius 3 is 2.58 bits per heavy atom. The summed E-state index contributed by atoms with van der Waals surface area (Å²) in [6, 6.07) is 4.46. The Labute approximate surface area is 192 Å². The van der Waals surface area contributed by atoms with Crippen LogP contribution in [-0.2, 0) is 6.42 Å². The second-order valence-corrected chi connectivity index (χ2v) is 8.82. The van der Waals surface area contributed by atoms with Crippen LogP contribution < -0.4 is 4.74 Å². The molecule has 0 saturated carbocycles. The zero-order valence-corrected chi connectivity index (χ0v) is 20.1. The summed E-state index contributed by atoms with van der Waals surface area (Å²) >= 11 is 0. The van der Waals surface area contributed by atoms with E-state index in [1.165, 1.54) is 0 Å². The number of hydrogen-bond acceptors (Lipinski definition) is 6. The summed E-state index contributed by atoms with van der Waals surface area (Å²) in [5.41, 5.74) is 6.58. The van der Waals surface area contributed by atoms with E-state index in [2.05, 4.69) is 52.6 Å². The Balaban J connectivity index is 1.75. The van der Waals surface area contributed by atoms with Crippen molar-refractivity contribution >= 4 is 21.9 Å². The maximum absolute atomic E-state index is 5.80. The maximum atomic E-state index is 5.80. The third-order valence-corrected chi connectivity index (χ3v) is 6.16. The number of ether oxygens (including phenoxy) is 1. The van der Waals surface area contributed by atoms with Gasteiger partial charge in [0, 0.05) is 46.2 Å². The first-order chi connectivity index (χ1) is 15.8. The molecule has 5 rings (SSSR count). The first-order valence-corrected chi connectivity index (χ1v) is 11.1. The van der Waals surface area contributed by atoms with Crippen LogP contribution in [0, 0.1) is 27.7 Å². The molecule has 170 valence electrons. The average Bonchev–Trinajstić information content (AvgIpc) is 3.41. The summed E-state index contributed by atoms with van der Waals surface area (Å²) in [5, 5.41) is 6.13. The van der Waals surface area contributed by atoms with Crippen LogP contribution in [0.1, 0.15) is 54.4 Å². The molecule has 0 spiro atoms. The van der Waals surface area contributed by atoms with Crippen molar-refractivity contribution in [3.63, 3.8) is 0 Å². The fourth-order valence-corrected chi connectivity index (χ4v) is 4.86. The zero-order valence-electron chi connectivity index (χ0n) is 20.1. The van der Waals surface area contributed by atoms with Crippen molar-refractivity contribution < 1.29 is 9.26 Å². The number of aryl methyl sites for hydroxylation is 4. The van der Waals surface area contributed by atoms with Crippen LogP contribution in [0.4, 0.5) is 0 Å². The monoisotopic (exact) mass is 444 g/mol. The van der Waals surface area contributed by atoms with Gasteiger partial charge < -0.3 is 18.8 Å². The number of imidazole rings is 1. The van der Waals surface area contributed by atoms with E-state index in [9.17, 15) is 0 Å². The number of aromatic nitrogens is 6. The molecule has 33 heavy (non-hydrogen) atoms. The first kappa shape index (κ1) is 21.2. The smallest absolute Gasteiger partial charge is 0.142 e. The molecule has 0 aliphatic heterocycles. The van der Waals surface area contributed by atoms with E-state index in [1.807, 2.05) is 27.0 Å². The molecule has 0 atom stereocenters. The summed E-state index contributed by atoms with van der Waals surface area (Å²) in [4.78, 5) is 17.7. The molecule has 0 fully saturated rings. The van der Waals surface area contributed by atoms with E-state index in [0.29, 0.717) is 12.5 Å². The first-order valence-electron chi connectivity index (χ1n) is 11.1. The molecular weight excluding hydrogens is 416 g/mol. The molecule has 8 nitrogen and oxygen atoms in total. The van der Waals surface area contributed by atoms with Gasteiger partial charge in [-0.25, -0.2) is 15.0 Å². The van der Waals surface area contributed by atoms with Gasteiger partial charge >= 0.3 is 0 Å². The minimum Gasteiger partial charge on any atom is -0.496 e. The van der Waals surface area contributed by atoms with E-state index in [0.717, 1.165) is 73.3 Å². The number of aromatic amines is 1. The minimum atomic E-state index is 0.321. The molecule has 0 saturated heterocycles. The molecule has 1 aromatic carbocycles. The lowest BCUT2D eigenvalue weighted by molar-refractivity contribution is 0.393. The lowest BCUT2D eigenvalue weighted by Gasteiger charge is -2.14. The predicted octanol–water partition coefficient (Wildman–Crippen LogP) is 5.38. The Morgan fingerprint density at radius 2 is 1.91 bits per heavy atom. The molecule has 4 heterocycles. The van der Waals surface area contributed by atoms with Crippen molar-refractivity contribution in [1.82, 2.24) is 29.7 Å². The largest absolute Gasteiger partial charge is 0.496 e. The third kappa shape index (κ3) is 3.37. The van der Waals surface area contributed by atoms with Crippen LogP contribution in [0.15, 0.2) is 22.9 Å². The molecule has 0 amide bonds. The number of H-pyrrole nitrogens is 1. The Bertz CT molecular complexity index is 1490. The summed E-state index contributed by atoms with van der Waals surface area (Å²) < 4.78 is 13.5. The van der Waals surface area contributed by atoms with Crippen LogP contribution in [-0.4, -0.2) is 36.8 Å². The van der Waals surface area contributed by atoms with Gasteiger partial charge in [0.25, 0.3) is 0 Å². The summed E-state index contributed by atoms with van der Waals surface area (Å²) in [7, 11) is 1.68. The molecule has 0 aliphatic carbocycles. The standard InChI is InChI=1S/C25H28N6O2/c1-12(2)31-13(3)11-26-22(31)10-20-24-17-9-21(32-7)18(23-14(4)30-33-15(23)5)8-19(17)29-25(24)28-16(6)27-20/h8-9,11-12H,10H2,1-7H3,(H,27,28,29). The number of fused-ring (bicyclic) bond motifs is 3. The zero-order chi connectivity index (χ0) is 23.4. The SMILES string of the molecule is COc1cc2c(cc1-c1c(C)noc1C)[nH]c1nc(C)nc(Cc3ncc(C)n3C(C)C)c12. The molecule has 0 radical (unpaired) electrons. The molecule has 0 aliphatic rings.